The Labute approximate surface area is 264 Å². The number of carbonyl (C=O) groups is 1. The Morgan fingerprint density at radius 3 is 2.07 bits per heavy atom. The first-order valence-electron chi connectivity index (χ1n) is 15.6. The third-order valence-corrected chi connectivity index (χ3v) is 9.42. The van der Waals surface area contributed by atoms with Crippen LogP contribution in [-0.4, -0.2) is 10.5 Å². The number of para-hydroxylation sites is 1. The van der Waals surface area contributed by atoms with Crippen molar-refractivity contribution >= 4 is 33.4 Å². The van der Waals surface area contributed by atoms with Crippen LogP contribution in [0.4, 0.5) is 5.69 Å². The van der Waals surface area contributed by atoms with Crippen LogP contribution in [0.1, 0.15) is 33.7 Å². The molecule has 0 spiro atoms. The number of hydrogen-bond acceptors (Lipinski definition) is 1. The van der Waals surface area contributed by atoms with Crippen molar-refractivity contribution in [2.75, 3.05) is 4.90 Å². The van der Waals surface area contributed by atoms with E-state index in [1.165, 1.54) is 21.9 Å². The summed E-state index contributed by atoms with van der Waals surface area (Å²) in [6.07, 6.45) is 0. The minimum absolute atomic E-state index is 0.115. The van der Waals surface area contributed by atoms with Gasteiger partial charge in [-0.3, -0.25) is 4.79 Å². The SMILES string of the molecule is Cc1ccc(-c2cc([C@H]3C(=O)N(Cc4ccccc4)c4ccc(C)cc43)c(-c3ccccc3)c3c2c2ccccc2n3C)cc1. The average molecular weight is 583 g/mol. The molecule has 218 valence electrons. The molecule has 0 radical (unpaired) electrons. The van der Waals surface area contributed by atoms with Crippen LogP contribution in [0, 0.1) is 13.8 Å². The van der Waals surface area contributed by atoms with Gasteiger partial charge >= 0.3 is 0 Å². The van der Waals surface area contributed by atoms with E-state index in [9.17, 15) is 4.79 Å². The molecular weight excluding hydrogens is 548 g/mol. The Hall–Kier alpha value is -5.41. The van der Waals surface area contributed by atoms with E-state index in [0.29, 0.717) is 6.54 Å². The van der Waals surface area contributed by atoms with Crippen molar-refractivity contribution in [2.45, 2.75) is 26.3 Å². The Balaban J connectivity index is 1.48. The van der Waals surface area contributed by atoms with Crippen LogP contribution in [0.25, 0.3) is 44.1 Å². The van der Waals surface area contributed by atoms with Gasteiger partial charge < -0.3 is 9.47 Å². The number of carbonyl (C=O) groups excluding carboxylic acids is 1. The molecule has 0 N–H and O–H groups in total. The molecule has 8 rings (SSSR count). The molecule has 0 unspecified atom stereocenters. The molecule has 3 heteroatoms. The minimum atomic E-state index is -0.439. The second-order valence-corrected chi connectivity index (χ2v) is 12.3. The Bertz CT molecular complexity index is 2230. The number of nitrogens with zero attached hydrogens (tertiary/aromatic N) is 2. The maximum Gasteiger partial charge on any atom is 0.239 e. The molecule has 1 aliphatic heterocycles. The molecule has 3 nitrogen and oxygen atoms in total. The van der Waals surface area contributed by atoms with E-state index in [2.05, 4.69) is 141 Å². The van der Waals surface area contributed by atoms with E-state index in [0.717, 1.165) is 55.7 Å². The second kappa shape index (κ2) is 10.6. The van der Waals surface area contributed by atoms with Crippen molar-refractivity contribution in [3.8, 4) is 22.3 Å². The summed E-state index contributed by atoms with van der Waals surface area (Å²) < 4.78 is 2.33. The monoisotopic (exact) mass is 582 g/mol. The van der Waals surface area contributed by atoms with Crippen molar-refractivity contribution in [3.63, 3.8) is 0 Å². The molecule has 7 aromatic rings. The third kappa shape index (κ3) is 4.38. The molecule has 1 atom stereocenters. The number of anilines is 1. The standard InChI is InChI=1S/C42H34N2O/c1-27-18-21-30(22-19-27)33-25-35(38(31-14-8-5-9-15-31)41-39(33)32-16-10-11-17-36(32)43(41)3)40-34-24-28(2)20-23-37(34)44(42(40)45)26-29-12-6-4-7-13-29/h4-25,40H,26H2,1-3H3/t40-/m0/s1. The van der Waals surface area contributed by atoms with Crippen molar-refractivity contribution < 1.29 is 4.79 Å². The number of fused-ring (bicyclic) bond motifs is 4. The van der Waals surface area contributed by atoms with Gasteiger partial charge in [0.15, 0.2) is 0 Å². The van der Waals surface area contributed by atoms with Crippen LogP contribution in [0.15, 0.2) is 133 Å². The number of rotatable bonds is 5. The van der Waals surface area contributed by atoms with Crippen molar-refractivity contribution in [2.24, 2.45) is 7.05 Å². The molecular formula is C42H34N2O. The molecule has 0 saturated carbocycles. The van der Waals surface area contributed by atoms with Crippen molar-refractivity contribution in [1.82, 2.24) is 4.57 Å². The maximum absolute atomic E-state index is 14.9. The van der Waals surface area contributed by atoms with Crippen LogP contribution >= 0.6 is 0 Å². The Morgan fingerprint density at radius 2 is 1.31 bits per heavy atom. The highest BCUT2D eigenvalue weighted by Gasteiger charge is 2.40. The van der Waals surface area contributed by atoms with E-state index >= 15 is 0 Å². The lowest BCUT2D eigenvalue weighted by molar-refractivity contribution is -0.118. The predicted molar refractivity (Wildman–Crippen MR) is 187 cm³/mol. The van der Waals surface area contributed by atoms with E-state index < -0.39 is 5.92 Å². The van der Waals surface area contributed by atoms with Gasteiger partial charge in [-0.15, -0.1) is 0 Å². The highest BCUT2D eigenvalue weighted by atomic mass is 16.2. The van der Waals surface area contributed by atoms with E-state index in [4.69, 9.17) is 0 Å². The number of hydrogen-bond donors (Lipinski definition) is 0. The highest BCUT2D eigenvalue weighted by Crippen LogP contribution is 2.50. The quantitative estimate of drug-likeness (QED) is 0.198. The lowest BCUT2D eigenvalue weighted by atomic mass is 9.82. The Morgan fingerprint density at radius 1 is 0.644 bits per heavy atom. The van der Waals surface area contributed by atoms with Gasteiger partial charge in [-0.2, -0.15) is 0 Å². The van der Waals surface area contributed by atoms with Gasteiger partial charge in [-0.25, -0.2) is 0 Å². The maximum atomic E-state index is 14.9. The fraction of sp³-hybridized carbons (Fsp3) is 0.119. The van der Waals surface area contributed by atoms with Crippen LogP contribution in [0.3, 0.4) is 0 Å². The van der Waals surface area contributed by atoms with Crippen molar-refractivity contribution in [3.05, 3.63) is 161 Å². The van der Waals surface area contributed by atoms with Gasteiger partial charge in [0.05, 0.1) is 18.0 Å². The molecule has 6 aromatic carbocycles. The van der Waals surface area contributed by atoms with E-state index in [1.54, 1.807) is 0 Å². The summed E-state index contributed by atoms with van der Waals surface area (Å²) in [7, 11) is 2.16. The summed E-state index contributed by atoms with van der Waals surface area (Å²) >= 11 is 0. The molecule has 1 aliphatic rings. The first-order valence-corrected chi connectivity index (χ1v) is 15.6. The molecule has 0 saturated heterocycles. The lowest BCUT2D eigenvalue weighted by Crippen LogP contribution is -2.28. The summed E-state index contributed by atoms with van der Waals surface area (Å²) in [4.78, 5) is 16.9. The van der Waals surface area contributed by atoms with Crippen molar-refractivity contribution in [1.29, 1.82) is 0 Å². The fourth-order valence-corrected chi connectivity index (χ4v) is 7.28. The normalized spacial score (nSPS) is 14.4. The minimum Gasteiger partial charge on any atom is -0.343 e. The zero-order valence-corrected chi connectivity index (χ0v) is 25.8. The Kier molecular flexibility index (Phi) is 6.42. The molecule has 45 heavy (non-hydrogen) atoms. The number of aromatic nitrogens is 1. The van der Waals surface area contributed by atoms with Gasteiger partial charge in [0, 0.05) is 34.6 Å². The zero-order valence-electron chi connectivity index (χ0n) is 25.8. The van der Waals surface area contributed by atoms with E-state index in [1.807, 2.05) is 23.1 Å². The van der Waals surface area contributed by atoms with Gasteiger partial charge in [0.1, 0.15) is 0 Å². The van der Waals surface area contributed by atoms with Gasteiger partial charge in [-0.1, -0.05) is 126 Å². The van der Waals surface area contributed by atoms with Crippen LogP contribution < -0.4 is 4.90 Å². The topological polar surface area (TPSA) is 25.2 Å². The third-order valence-electron chi connectivity index (χ3n) is 9.42. The average Bonchev–Trinajstić information content (AvgIpc) is 3.51. The highest BCUT2D eigenvalue weighted by molar-refractivity contribution is 6.20. The van der Waals surface area contributed by atoms with E-state index in [-0.39, 0.29) is 5.91 Å². The zero-order chi connectivity index (χ0) is 30.7. The van der Waals surface area contributed by atoms with Crippen LogP contribution in [-0.2, 0) is 18.4 Å². The second-order valence-electron chi connectivity index (χ2n) is 12.3. The molecule has 2 heterocycles. The number of aryl methyl sites for hydroxylation is 3. The smallest absolute Gasteiger partial charge is 0.239 e. The lowest BCUT2D eigenvalue weighted by Gasteiger charge is -2.22. The van der Waals surface area contributed by atoms with Gasteiger partial charge in [0.2, 0.25) is 5.91 Å². The summed E-state index contributed by atoms with van der Waals surface area (Å²) in [5.41, 5.74) is 13.5. The number of amides is 1. The largest absolute Gasteiger partial charge is 0.343 e. The molecule has 1 amide bonds. The molecule has 0 fully saturated rings. The summed E-state index contributed by atoms with van der Waals surface area (Å²) in [6, 6.07) is 47.1. The summed E-state index contributed by atoms with van der Waals surface area (Å²) in [6.45, 7) is 4.78. The fourth-order valence-electron chi connectivity index (χ4n) is 7.28. The predicted octanol–water partition coefficient (Wildman–Crippen LogP) is 9.96. The van der Waals surface area contributed by atoms with Gasteiger partial charge in [0.25, 0.3) is 0 Å². The van der Waals surface area contributed by atoms with Crippen LogP contribution in [0.5, 0.6) is 0 Å². The molecule has 0 aliphatic carbocycles. The first-order chi connectivity index (χ1) is 22.0. The first kappa shape index (κ1) is 27.2. The summed E-state index contributed by atoms with van der Waals surface area (Å²) in [5.74, 6) is -0.324. The van der Waals surface area contributed by atoms with Crippen LogP contribution in [0.2, 0.25) is 0 Å². The number of benzene rings is 6. The van der Waals surface area contributed by atoms with Gasteiger partial charge in [-0.05, 0) is 65.4 Å². The summed E-state index contributed by atoms with van der Waals surface area (Å²) in [5, 5.41) is 2.43. The molecule has 1 aromatic heterocycles. The molecule has 0 bridgehead atoms.